The Hall–Kier alpha value is -2.24. The molecule has 1 fully saturated rings. The fraction of sp³-hybridized carbons (Fsp3) is 0.400. The lowest BCUT2D eigenvalue weighted by Gasteiger charge is -2.17. The number of hydrogen-bond donors (Lipinski definition) is 1. The Labute approximate surface area is 122 Å². The van der Waals surface area contributed by atoms with Crippen molar-refractivity contribution in [2.45, 2.75) is 32.4 Å². The summed E-state index contributed by atoms with van der Waals surface area (Å²) in [6.07, 6.45) is 0.303. The molecule has 5 nitrogen and oxygen atoms in total. The number of benzene rings is 1. The maximum atomic E-state index is 13.1. The maximum Gasteiger partial charge on any atom is 0.287 e. The van der Waals surface area contributed by atoms with Crippen LogP contribution >= 0.6 is 0 Å². The van der Waals surface area contributed by atoms with Gasteiger partial charge in [0, 0.05) is 25.9 Å². The normalized spacial score (nSPS) is 17.9. The van der Waals surface area contributed by atoms with E-state index in [-0.39, 0.29) is 30.6 Å². The van der Waals surface area contributed by atoms with Gasteiger partial charge in [-0.15, -0.1) is 0 Å². The summed E-state index contributed by atoms with van der Waals surface area (Å²) in [6.45, 7) is 2.24. The lowest BCUT2D eigenvalue weighted by Crippen LogP contribution is -2.40. The zero-order chi connectivity index (χ0) is 15.4. The SMILES string of the molecule is CCC(=O)C(=O)N[C@@H]1CC(=O)N(Cc2cccc(F)c2)C1. The Kier molecular flexibility index (Phi) is 4.67. The Morgan fingerprint density at radius 3 is 2.86 bits per heavy atom. The van der Waals surface area contributed by atoms with Crippen LogP contribution in [0.1, 0.15) is 25.3 Å². The summed E-state index contributed by atoms with van der Waals surface area (Å²) < 4.78 is 13.1. The summed E-state index contributed by atoms with van der Waals surface area (Å²) in [6, 6.07) is 5.68. The second kappa shape index (κ2) is 6.47. The van der Waals surface area contributed by atoms with Crippen LogP contribution < -0.4 is 5.32 Å². The zero-order valence-corrected chi connectivity index (χ0v) is 11.8. The minimum atomic E-state index is -0.650. The van der Waals surface area contributed by atoms with Crippen LogP contribution in [0.15, 0.2) is 24.3 Å². The number of nitrogens with one attached hydrogen (secondary N) is 1. The van der Waals surface area contributed by atoms with Crippen LogP contribution in [0.5, 0.6) is 0 Å². The van der Waals surface area contributed by atoms with Crippen molar-refractivity contribution in [3.8, 4) is 0 Å². The molecule has 2 rings (SSSR count). The first-order valence-corrected chi connectivity index (χ1v) is 6.85. The highest BCUT2D eigenvalue weighted by atomic mass is 19.1. The van der Waals surface area contributed by atoms with Crippen LogP contribution in [0.25, 0.3) is 0 Å². The van der Waals surface area contributed by atoms with Crippen LogP contribution in [0.2, 0.25) is 0 Å². The van der Waals surface area contributed by atoms with Gasteiger partial charge in [-0.3, -0.25) is 14.4 Å². The van der Waals surface area contributed by atoms with Crippen molar-refractivity contribution < 1.29 is 18.8 Å². The molecule has 2 amide bonds. The number of nitrogens with zero attached hydrogens (tertiary/aromatic N) is 1. The van der Waals surface area contributed by atoms with Crippen LogP contribution in [0.4, 0.5) is 4.39 Å². The molecule has 1 saturated heterocycles. The molecule has 1 N–H and O–H groups in total. The van der Waals surface area contributed by atoms with E-state index < -0.39 is 11.7 Å². The van der Waals surface area contributed by atoms with E-state index in [1.807, 2.05) is 0 Å². The minimum absolute atomic E-state index is 0.117. The molecule has 0 bridgehead atoms. The fourth-order valence-electron chi connectivity index (χ4n) is 2.30. The van der Waals surface area contributed by atoms with Gasteiger partial charge in [-0.25, -0.2) is 4.39 Å². The lowest BCUT2D eigenvalue weighted by atomic mass is 10.2. The highest BCUT2D eigenvalue weighted by Gasteiger charge is 2.31. The van der Waals surface area contributed by atoms with E-state index in [0.717, 1.165) is 0 Å². The molecule has 6 heteroatoms. The summed E-state index contributed by atoms with van der Waals surface area (Å²) in [5.41, 5.74) is 0.694. The molecule has 1 heterocycles. The third-order valence-corrected chi connectivity index (χ3v) is 3.39. The number of ketones is 1. The third-order valence-electron chi connectivity index (χ3n) is 3.39. The van der Waals surface area contributed by atoms with Crippen molar-refractivity contribution in [1.82, 2.24) is 10.2 Å². The average molecular weight is 292 g/mol. The Balaban J connectivity index is 1.94. The number of amides is 2. The molecule has 0 aromatic heterocycles. The van der Waals surface area contributed by atoms with Gasteiger partial charge >= 0.3 is 0 Å². The smallest absolute Gasteiger partial charge is 0.287 e. The van der Waals surface area contributed by atoms with Crippen LogP contribution in [0.3, 0.4) is 0 Å². The number of carbonyl (C=O) groups excluding carboxylic acids is 3. The summed E-state index contributed by atoms with van der Waals surface area (Å²) >= 11 is 0. The van der Waals surface area contributed by atoms with Crippen molar-refractivity contribution in [2.75, 3.05) is 6.54 Å². The van der Waals surface area contributed by atoms with Crippen molar-refractivity contribution in [3.05, 3.63) is 35.6 Å². The molecule has 21 heavy (non-hydrogen) atoms. The van der Waals surface area contributed by atoms with E-state index >= 15 is 0 Å². The van der Waals surface area contributed by atoms with E-state index in [1.54, 1.807) is 24.0 Å². The summed E-state index contributed by atoms with van der Waals surface area (Å²) in [7, 11) is 0. The summed E-state index contributed by atoms with van der Waals surface area (Å²) in [5, 5.41) is 2.56. The molecule has 0 radical (unpaired) electrons. The minimum Gasteiger partial charge on any atom is -0.344 e. The second-order valence-corrected chi connectivity index (χ2v) is 5.06. The topological polar surface area (TPSA) is 66.5 Å². The van der Waals surface area contributed by atoms with Crippen LogP contribution in [0, 0.1) is 5.82 Å². The van der Waals surface area contributed by atoms with Gasteiger partial charge in [0.25, 0.3) is 5.91 Å². The number of rotatable bonds is 5. The number of halogens is 1. The van der Waals surface area contributed by atoms with Crippen molar-refractivity contribution in [2.24, 2.45) is 0 Å². The van der Waals surface area contributed by atoms with Crippen LogP contribution in [-0.4, -0.2) is 35.1 Å². The molecule has 112 valence electrons. The quantitative estimate of drug-likeness (QED) is 0.824. The van der Waals surface area contributed by atoms with Gasteiger partial charge in [0.15, 0.2) is 0 Å². The van der Waals surface area contributed by atoms with Gasteiger partial charge in [0.05, 0.1) is 6.04 Å². The fourth-order valence-corrected chi connectivity index (χ4v) is 2.30. The molecule has 1 aromatic carbocycles. The molecule has 0 saturated carbocycles. The van der Waals surface area contributed by atoms with Gasteiger partial charge < -0.3 is 10.2 Å². The summed E-state index contributed by atoms with van der Waals surface area (Å²) in [4.78, 5) is 36.2. The zero-order valence-electron chi connectivity index (χ0n) is 11.8. The Morgan fingerprint density at radius 1 is 1.43 bits per heavy atom. The Morgan fingerprint density at radius 2 is 2.19 bits per heavy atom. The van der Waals surface area contributed by atoms with Gasteiger partial charge in [-0.2, -0.15) is 0 Å². The predicted octanol–water partition coefficient (Wildman–Crippen LogP) is 1.02. The molecule has 1 aromatic rings. The predicted molar refractivity (Wildman–Crippen MR) is 73.7 cm³/mol. The third kappa shape index (κ3) is 3.87. The van der Waals surface area contributed by atoms with E-state index in [9.17, 15) is 18.8 Å². The van der Waals surface area contributed by atoms with Gasteiger partial charge in [0.2, 0.25) is 11.7 Å². The van der Waals surface area contributed by atoms with Gasteiger partial charge in [-0.1, -0.05) is 19.1 Å². The molecule has 1 aliphatic rings. The highest BCUT2D eigenvalue weighted by Crippen LogP contribution is 2.15. The Bertz CT molecular complexity index is 574. The van der Waals surface area contributed by atoms with Crippen molar-refractivity contribution >= 4 is 17.6 Å². The monoisotopic (exact) mass is 292 g/mol. The van der Waals surface area contributed by atoms with E-state index in [1.165, 1.54) is 12.1 Å². The average Bonchev–Trinajstić information content (AvgIpc) is 2.77. The molecule has 1 atom stereocenters. The lowest BCUT2D eigenvalue weighted by molar-refractivity contribution is -0.138. The first-order chi connectivity index (χ1) is 9.99. The molecular weight excluding hydrogens is 275 g/mol. The largest absolute Gasteiger partial charge is 0.344 e. The molecule has 0 aliphatic carbocycles. The van der Waals surface area contributed by atoms with E-state index in [2.05, 4.69) is 5.32 Å². The van der Waals surface area contributed by atoms with Gasteiger partial charge in [0.1, 0.15) is 5.82 Å². The first-order valence-electron chi connectivity index (χ1n) is 6.85. The van der Waals surface area contributed by atoms with Crippen molar-refractivity contribution in [1.29, 1.82) is 0 Å². The number of likely N-dealkylation sites (tertiary alicyclic amines) is 1. The highest BCUT2D eigenvalue weighted by molar-refractivity contribution is 6.36. The molecule has 0 spiro atoms. The van der Waals surface area contributed by atoms with Crippen LogP contribution in [-0.2, 0) is 20.9 Å². The standard InChI is InChI=1S/C15H17FN2O3/c1-2-13(19)15(21)17-12-7-14(20)18(9-12)8-10-4-3-5-11(16)6-10/h3-6,12H,2,7-9H2,1H3,(H,17,21)/t12-/m1/s1. The number of Topliss-reactive ketones (excluding diaryl/α,β-unsaturated/α-hetero) is 1. The molecular formula is C15H17FN2O3. The van der Waals surface area contributed by atoms with Gasteiger partial charge in [-0.05, 0) is 17.7 Å². The van der Waals surface area contributed by atoms with Crippen molar-refractivity contribution in [3.63, 3.8) is 0 Å². The van der Waals surface area contributed by atoms with E-state index in [0.29, 0.717) is 18.7 Å². The molecule has 0 unspecified atom stereocenters. The second-order valence-electron chi connectivity index (χ2n) is 5.06. The summed E-state index contributed by atoms with van der Waals surface area (Å²) in [5.74, 6) is -1.61. The molecule has 1 aliphatic heterocycles. The number of carbonyl (C=O) groups is 3. The maximum absolute atomic E-state index is 13.1. The number of hydrogen-bond acceptors (Lipinski definition) is 3. The first kappa shape index (κ1) is 15.2. The van der Waals surface area contributed by atoms with E-state index in [4.69, 9.17) is 0 Å².